The van der Waals surface area contributed by atoms with Crippen molar-refractivity contribution in [2.75, 3.05) is 13.7 Å². The lowest BCUT2D eigenvalue weighted by Gasteiger charge is -2.19. The molecule has 0 saturated carbocycles. The van der Waals surface area contributed by atoms with Gasteiger partial charge in [-0.3, -0.25) is 19.8 Å². The SMILES string of the molecule is COC(=O)Cc1ccc(CS(=O)(=O)N[C@H](CCc2ccccc2)C(=O)NCC(=O)NCc2ccc(C(=N)N)cc2)cc1. The van der Waals surface area contributed by atoms with E-state index < -0.39 is 33.8 Å². The van der Waals surface area contributed by atoms with Gasteiger partial charge < -0.3 is 21.1 Å². The second-order valence-electron chi connectivity index (χ2n) is 9.63. The molecule has 0 heterocycles. The first-order valence-electron chi connectivity index (χ1n) is 13.2. The van der Waals surface area contributed by atoms with Gasteiger partial charge in [0.15, 0.2) is 0 Å². The first-order valence-corrected chi connectivity index (χ1v) is 14.9. The van der Waals surface area contributed by atoms with E-state index in [4.69, 9.17) is 11.1 Å². The molecule has 11 nitrogen and oxygen atoms in total. The largest absolute Gasteiger partial charge is 0.469 e. The predicted octanol–water partition coefficient (Wildman–Crippen LogP) is 1.54. The van der Waals surface area contributed by atoms with Crippen molar-refractivity contribution in [3.05, 3.63) is 107 Å². The molecule has 0 spiro atoms. The van der Waals surface area contributed by atoms with Crippen molar-refractivity contribution in [1.82, 2.24) is 15.4 Å². The summed E-state index contributed by atoms with van der Waals surface area (Å²) in [4.78, 5) is 36.9. The summed E-state index contributed by atoms with van der Waals surface area (Å²) < 4.78 is 33.2. The zero-order chi connectivity index (χ0) is 30.5. The molecule has 3 aromatic rings. The Morgan fingerprint density at radius 3 is 2.10 bits per heavy atom. The number of nitrogens with two attached hydrogens (primary N) is 1. The average molecular weight is 594 g/mol. The van der Waals surface area contributed by atoms with E-state index in [1.165, 1.54) is 7.11 Å². The molecular formula is C30H35N5O6S. The number of carbonyl (C=O) groups is 3. The Hall–Kier alpha value is -4.55. The number of amides is 2. The molecule has 0 unspecified atom stereocenters. The number of benzene rings is 3. The molecule has 1 atom stereocenters. The Labute approximate surface area is 245 Å². The van der Waals surface area contributed by atoms with Crippen LogP contribution >= 0.6 is 0 Å². The molecule has 42 heavy (non-hydrogen) atoms. The number of esters is 1. The number of amidine groups is 1. The summed E-state index contributed by atoms with van der Waals surface area (Å²) in [5.41, 5.74) is 8.90. The molecule has 0 radical (unpaired) electrons. The zero-order valence-electron chi connectivity index (χ0n) is 23.3. The van der Waals surface area contributed by atoms with Gasteiger partial charge in [-0.15, -0.1) is 0 Å². The third-order valence-corrected chi connectivity index (χ3v) is 7.69. The molecule has 0 fully saturated rings. The smallest absolute Gasteiger partial charge is 0.309 e. The number of hydrogen-bond acceptors (Lipinski definition) is 7. The second kappa shape index (κ2) is 15.5. The lowest BCUT2D eigenvalue weighted by Crippen LogP contribution is -2.49. The van der Waals surface area contributed by atoms with Gasteiger partial charge in [0.05, 0.1) is 25.8 Å². The molecule has 6 N–H and O–H groups in total. The van der Waals surface area contributed by atoms with Gasteiger partial charge in [-0.2, -0.15) is 0 Å². The van der Waals surface area contributed by atoms with Gasteiger partial charge in [-0.05, 0) is 35.1 Å². The van der Waals surface area contributed by atoms with E-state index in [2.05, 4.69) is 20.1 Å². The highest BCUT2D eigenvalue weighted by atomic mass is 32.2. The van der Waals surface area contributed by atoms with Crippen LogP contribution in [0.1, 0.15) is 34.2 Å². The van der Waals surface area contributed by atoms with Crippen LogP contribution in [0.15, 0.2) is 78.9 Å². The zero-order valence-corrected chi connectivity index (χ0v) is 24.1. The Morgan fingerprint density at radius 2 is 1.48 bits per heavy atom. The molecule has 3 rings (SSSR count). The molecule has 222 valence electrons. The molecule has 0 aromatic heterocycles. The first-order chi connectivity index (χ1) is 20.0. The van der Waals surface area contributed by atoms with Gasteiger partial charge in [0.1, 0.15) is 11.9 Å². The van der Waals surface area contributed by atoms with Gasteiger partial charge in [-0.1, -0.05) is 78.9 Å². The monoisotopic (exact) mass is 593 g/mol. The number of ether oxygens (including phenoxy) is 1. The highest BCUT2D eigenvalue weighted by Crippen LogP contribution is 2.12. The Morgan fingerprint density at radius 1 is 0.857 bits per heavy atom. The fourth-order valence-corrected chi connectivity index (χ4v) is 5.40. The number of methoxy groups -OCH3 is 1. The molecule has 0 saturated heterocycles. The van der Waals surface area contributed by atoms with Crippen molar-refractivity contribution in [2.24, 2.45) is 5.73 Å². The predicted molar refractivity (Wildman–Crippen MR) is 159 cm³/mol. The number of hydrogen-bond donors (Lipinski definition) is 5. The van der Waals surface area contributed by atoms with Crippen LogP contribution in [0.3, 0.4) is 0 Å². The standard InChI is InChI=1S/C30H35N5O6S/c1-41-28(37)17-22-7-9-24(10-8-22)20-42(39,40)35-26(16-13-21-5-3-2-4-6-21)30(38)34-19-27(36)33-18-23-11-14-25(15-12-23)29(31)32/h2-12,14-15,26,35H,13,16-20H2,1H3,(H3,31,32)(H,33,36)(H,34,38)/t26-/m1/s1. The van der Waals surface area contributed by atoms with E-state index >= 15 is 0 Å². The maximum Gasteiger partial charge on any atom is 0.309 e. The molecule has 0 bridgehead atoms. The van der Waals surface area contributed by atoms with E-state index in [0.29, 0.717) is 23.1 Å². The van der Waals surface area contributed by atoms with Gasteiger partial charge in [0.25, 0.3) is 0 Å². The minimum atomic E-state index is -3.95. The molecule has 12 heteroatoms. The van der Waals surface area contributed by atoms with Crippen molar-refractivity contribution in [2.45, 2.75) is 37.6 Å². The van der Waals surface area contributed by atoms with Crippen LogP contribution in [-0.2, 0) is 54.3 Å². The quantitative estimate of drug-likeness (QED) is 0.101. The van der Waals surface area contributed by atoms with Crippen molar-refractivity contribution < 1.29 is 27.5 Å². The van der Waals surface area contributed by atoms with E-state index in [-0.39, 0.29) is 37.5 Å². The van der Waals surface area contributed by atoms with Crippen LogP contribution in [0, 0.1) is 5.41 Å². The number of aryl methyl sites for hydroxylation is 1. The Balaban J connectivity index is 1.60. The minimum Gasteiger partial charge on any atom is -0.469 e. The van der Waals surface area contributed by atoms with E-state index in [1.54, 1.807) is 48.5 Å². The van der Waals surface area contributed by atoms with Crippen LogP contribution < -0.4 is 21.1 Å². The van der Waals surface area contributed by atoms with Crippen molar-refractivity contribution in [3.63, 3.8) is 0 Å². The fraction of sp³-hybridized carbons (Fsp3) is 0.267. The summed E-state index contributed by atoms with van der Waals surface area (Å²) in [6.07, 6.45) is 0.687. The molecular weight excluding hydrogens is 558 g/mol. The summed E-state index contributed by atoms with van der Waals surface area (Å²) in [5, 5.41) is 12.7. The van der Waals surface area contributed by atoms with Crippen LogP contribution in [0.2, 0.25) is 0 Å². The summed E-state index contributed by atoms with van der Waals surface area (Å²) in [5.74, 6) is -1.90. The van der Waals surface area contributed by atoms with E-state index in [0.717, 1.165) is 11.1 Å². The number of nitrogens with one attached hydrogen (secondary N) is 4. The summed E-state index contributed by atoms with van der Waals surface area (Å²) in [6.45, 7) is -0.134. The third-order valence-electron chi connectivity index (χ3n) is 6.34. The Kier molecular flexibility index (Phi) is 11.8. The highest BCUT2D eigenvalue weighted by Gasteiger charge is 2.25. The number of nitrogen functional groups attached to an aromatic ring is 1. The van der Waals surface area contributed by atoms with Crippen LogP contribution in [-0.4, -0.2) is 51.7 Å². The van der Waals surface area contributed by atoms with Gasteiger partial charge >= 0.3 is 5.97 Å². The summed E-state index contributed by atoms with van der Waals surface area (Å²) >= 11 is 0. The van der Waals surface area contributed by atoms with Gasteiger partial charge in [-0.25, -0.2) is 13.1 Å². The van der Waals surface area contributed by atoms with Crippen molar-refractivity contribution >= 4 is 33.6 Å². The lowest BCUT2D eigenvalue weighted by molar-refractivity contribution is -0.139. The van der Waals surface area contributed by atoms with Crippen LogP contribution in [0.25, 0.3) is 0 Å². The van der Waals surface area contributed by atoms with Crippen molar-refractivity contribution in [1.29, 1.82) is 5.41 Å². The normalized spacial score (nSPS) is 11.7. The molecule has 2 amide bonds. The highest BCUT2D eigenvalue weighted by molar-refractivity contribution is 7.88. The number of carbonyl (C=O) groups excluding carboxylic acids is 3. The van der Waals surface area contributed by atoms with E-state index in [1.807, 2.05) is 30.3 Å². The minimum absolute atomic E-state index is 0.0562. The number of sulfonamides is 1. The molecule has 0 aliphatic carbocycles. The first kappa shape index (κ1) is 32.0. The average Bonchev–Trinajstić information content (AvgIpc) is 2.98. The fourth-order valence-electron chi connectivity index (χ4n) is 4.03. The van der Waals surface area contributed by atoms with Crippen molar-refractivity contribution in [3.8, 4) is 0 Å². The molecule has 0 aliphatic heterocycles. The topological polar surface area (TPSA) is 181 Å². The summed E-state index contributed by atoms with van der Waals surface area (Å²) in [7, 11) is -2.65. The van der Waals surface area contributed by atoms with Gasteiger partial charge in [0, 0.05) is 12.1 Å². The molecule has 3 aromatic carbocycles. The van der Waals surface area contributed by atoms with Crippen LogP contribution in [0.5, 0.6) is 0 Å². The van der Waals surface area contributed by atoms with Gasteiger partial charge in [0.2, 0.25) is 21.8 Å². The Bertz CT molecular complexity index is 1480. The maximum atomic E-state index is 13.1. The summed E-state index contributed by atoms with van der Waals surface area (Å²) in [6, 6.07) is 21.6. The van der Waals surface area contributed by atoms with E-state index in [9.17, 15) is 22.8 Å². The van der Waals surface area contributed by atoms with Crippen LogP contribution in [0.4, 0.5) is 0 Å². The third kappa shape index (κ3) is 10.8. The molecule has 0 aliphatic rings. The number of rotatable bonds is 15. The maximum absolute atomic E-state index is 13.1. The lowest BCUT2D eigenvalue weighted by atomic mass is 10.1. The second-order valence-corrected chi connectivity index (χ2v) is 11.4.